The van der Waals surface area contributed by atoms with Crippen molar-refractivity contribution in [2.45, 2.75) is 27.7 Å². The third-order valence-electron chi connectivity index (χ3n) is 4.75. The number of hydrogen-bond acceptors (Lipinski definition) is 3. The summed E-state index contributed by atoms with van der Waals surface area (Å²) in [7, 11) is 0. The Balaban J connectivity index is 1.80. The van der Waals surface area contributed by atoms with Crippen LogP contribution in [0.1, 0.15) is 44.6 Å². The molecule has 0 aliphatic rings. The highest BCUT2D eigenvalue weighted by molar-refractivity contribution is 6.00. The first-order valence-corrected chi connectivity index (χ1v) is 9.01. The summed E-state index contributed by atoms with van der Waals surface area (Å²) in [6, 6.07) is 17.4. The van der Waals surface area contributed by atoms with E-state index in [4.69, 9.17) is 0 Å². The number of rotatable bonds is 6. The van der Waals surface area contributed by atoms with Gasteiger partial charge in [-0.25, -0.2) is 0 Å². The highest BCUT2D eigenvalue weighted by atomic mass is 16.1. The second-order valence-electron chi connectivity index (χ2n) is 6.87. The van der Waals surface area contributed by atoms with Crippen molar-refractivity contribution < 1.29 is 9.59 Å². The van der Waals surface area contributed by atoms with Gasteiger partial charge < -0.3 is 9.88 Å². The van der Waals surface area contributed by atoms with Crippen molar-refractivity contribution in [1.29, 1.82) is 0 Å². The van der Waals surface area contributed by atoms with Gasteiger partial charge in [0.15, 0.2) is 11.6 Å². The summed E-state index contributed by atoms with van der Waals surface area (Å²) in [5, 5.41) is 3.13. The number of nitrogens with zero attached hydrogens (tertiary/aromatic N) is 1. The smallest absolute Gasteiger partial charge is 0.183 e. The van der Waals surface area contributed by atoms with Crippen molar-refractivity contribution >= 4 is 17.3 Å². The Morgan fingerprint density at radius 3 is 2.33 bits per heavy atom. The van der Waals surface area contributed by atoms with E-state index in [1.165, 1.54) is 12.5 Å². The zero-order valence-corrected chi connectivity index (χ0v) is 16.2. The van der Waals surface area contributed by atoms with E-state index in [-0.39, 0.29) is 18.1 Å². The number of benzene rings is 2. The van der Waals surface area contributed by atoms with Crippen molar-refractivity contribution in [2.24, 2.45) is 0 Å². The van der Waals surface area contributed by atoms with Crippen molar-refractivity contribution in [1.82, 2.24) is 4.57 Å². The van der Waals surface area contributed by atoms with Crippen LogP contribution >= 0.6 is 0 Å². The molecule has 0 aliphatic heterocycles. The van der Waals surface area contributed by atoms with Crippen LogP contribution in [0.25, 0.3) is 5.69 Å². The largest absolute Gasteiger partial charge is 0.378 e. The average Bonchev–Trinajstić information content (AvgIpc) is 2.95. The number of aromatic nitrogens is 1. The molecule has 27 heavy (non-hydrogen) atoms. The van der Waals surface area contributed by atoms with Gasteiger partial charge in [-0.05, 0) is 58.0 Å². The fourth-order valence-corrected chi connectivity index (χ4v) is 3.26. The maximum atomic E-state index is 12.8. The van der Waals surface area contributed by atoms with E-state index in [9.17, 15) is 9.59 Å². The van der Waals surface area contributed by atoms with Crippen LogP contribution in [0.15, 0.2) is 54.6 Å². The molecule has 1 heterocycles. The van der Waals surface area contributed by atoms with E-state index in [1.54, 1.807) is 12.1 Å². The molecule has 0 unspecified atom stereocenters. The quantitative estimate of drug-likeness (QED) is 0.636. The molecule has 0 atom stereocenters. The Bertz CT molecular complexity index is 998. The molecule has 4 nitrogen and oxygen atoms in total. The first kappa shape index (κ1) is 18.6. The molecule has 4 heteroatoms. The monoisotopic (exact) mass is 360 g/mol. The summed E-state index contributed by atoms with van der Waals surface area (Å²) in [5.74, 6) is 0.0290. The van der Waals surface area contributed by atoms with E-state index in [0.29, 0.717) is 11.1 Å². The maximum absolute atomic E-state index is 12.8. The number of nitrogens with one attached hydrogen (secondary N) is 1. The second kappa shape index (κ2) is 7.62. The molecule has 0 saturated heterocycles. The molecule has 138 valence electrons. The Morgan fingerprint density at radius 1 is 0.963 bits per heavy atom. The number of anilines is 1. The Labute approximate surface area is 159 Å². The minimum absolute atomic E-state index is 0.00613. The molecule has 0 fully saturated rings. The van der Waals surface area contributed by atoms with E-state index in [1.807, 2.05) is 32.0 Å². The average molecular weight is 360 g/mol. The molecule has 1 N–H and O–H groups in total. The van der Waals surface area contributed by atoms with Crippen molar-refractivity contribution in [2.75, 3.05) is 11.9 Å². The van der Waals surface area contributed by atoms with Gasteiger partial charge in [-0.15, -0.1) is 0 Å². The number of hydrogen-bond donors (Lipinski definition) is 1. The van der Waals surface area contributed by atoms with Crippen LogP contribution in [0.5, 0.6) is 0 Å². The number of aryl methyl sites for hydroxylation is 2. The number of ketones is 2. The van der Waals surface area contributed by atoms with Gasteiger partial charge in [0.25, 0.3) is 0 Å². The molecule has 2 aromatic carbocycles. The van der Waals surface area contributed by atoms with E-state index < -0.39 is 0 Å². The van der Waals surface area contributed by atoms with Gasteiger partial charge in [-0.3, -0.25) is 9.59 Å². The molecule has 1 aromatic heterocycles. The van der Waals surface area contributed by atoms with Gasteiger partial charge in [0.2, 0.25) is 0 Å². The van der Waals surface area contributed by atoms with Gasteiger partial charge in [0, 0.05) is 33.9 Å². The fourth-order valence-electron chi connectivity index (χ4n) is 3.26. The van der Waals surface area contributed by atoms with E-state index in [2.05, 4.69) is 41.1 Å². The van der Waals surface area contributed by atoms with Crippen LogP contribution in [0.2, 0.25) is 0 Å². The lowest BCUT2D eigenvalue weighted by molar-refractivity contribution is 0.100. The fraction of sp³-hybridized carbons (Fsp3) is 0.217. The SMILES string of the molecule is CC(=O)c1cccc(NCC(=O)c2cc(C)n(-c3ccc(C)cc3)c2C)c1. The Kier molecular flexibility index (Phi) is 5.26. The lowest BCUT2D eigenvalue weighted by Crippen LogP contribution is -2.15. The zero-order valence-electron chi connectivity index (χ0n) is 16.2. The maximum Gasteiger partial charge on any atom is 0.183 e. The van der Waals surface area contributed by atoms with Crippen molar-refractivity contribution in [3.63, 3.8) is 0 Å². The summed E-state index contributed by atoms with van der Waals surface area (Å²) in [5.41, 5.74) is 6.32. The van der Waals surface area contributed by atoms with Crippen molar-refractivity contribution in [3.05, 3.63) is 82.7 Å². The minimum Gasteiger partial charge on any atom is -0.378 e. The molecule has 0 aliphatic carbocycles. The lowest BCUT2D eigenvalue weighted by Gasteiger charge is -2.11. The van der Waals surface area contributed by atoms with Crippen LogP contribution < -0.4 is 5.32 Å². The topological polar surface area (TPSA) is 51.1 Å². The van der Waals surface area contributed by atoms with Crippen LogP contribution in [0.4, 0.5) is 5.69 Å². The first-order valence-electron chi connectivity index (χ1n) is 9.01. The molecule has 0 saturated carbocycles. The molecule has 3 aromatic rings. The molecular weight excluding hydrogens is 336 g/mol. The molecule has 3 rings (SSSR count). The van der Waals surface area contributed by atoms with Gasteiger partial charge in [-0.1, -0.05) is 29.8 Å². The molecular formula is C23H24N2O2. The minimum atomic E-state index is 0.00613. The number of Topliss-reactive ketones (excluding diaryl/α,β-unsaturated/α-hetero) is 2. The molecule has 0 spiro atoms. The van der Waals surface area contributed by atoms with Crippen LogP contribution in [0, 0.1) is 20.8 Å². The highest BCUT2D eigenvalue weighted by Crippen LogP contribution is 2.22. The predicted molar refractivity (Wildman–Crippen MR) is 109 cm³/mol. The molecule has 0 bridgehead atoms. The van der Waals surface area contributed by atoms with Gasteiger partial charge in [0.1, 0.15) is 0 Å². The Hall–Kier alpha value is -3.14. The normalized spacial score (nSPS) is 10.7. The highest BCUT2D eigenvalue weighted by Gasteiger charge is 2.16. The zero-order chi connectivity index (χ0) is 19.6. The third-order valence-corrected chi connectivity index (χ3v) is 4.75. The number of carbonyl (C=O) groups is 2. The predicted octanol–water partition coefficient (Wildman–Crippen LogP) is 4.90. The van der Waals surface area contributed by atoms with Crippen molar-refractivity contribution in [3.8, 4) is 5.69 Å². The summed E-state index contributed by atoms with van der Waals surface area (Å²) in [4.78, 5) is 24.3. The molecule has 0 amide bonds. The number of carbonyl (C=O) groups excluding carboxylic acids is 2. The lowest BCUT2D eigenvalue weighted by atomic mass is 10.1. The van der Waals surface area contributed by atoms with Crippen LogP contribution in [-0.4, -0.2) is 22.7 Å². The standard InChI is InChI=1S/C23H24N2O2/c1-15-8-10-21(11-9-15)25-16(2)12-22(17(25)3)23(27)14-24-20-7-5-6-19(13-20)18(4)26/h5-13,24H,14H2,1-4H3. The first-order chi connectivity index (χ1) is 12.9. The van der Waals surface area contributed by atoms with E-state index in [0.717, 1.165) is 22.8 Å². The summed E-state index contributed by atoms with van der Waals surface area (Å²) >= 11 is 0. The summed E-state index contributed by atoms with van der Waals surface area (Å²) in [6.45, 7) is 7.74. The Morgan fingerprint density at radius 2 is 1.67 bits per heavy atom. The summed E-state index contributed by atoms with van der Waals surface area (Å²) in [6.07, 6.45) is 0. The second-order valence-corrected chi connectivity index (χ2v) is 6.87. The molecule has 0 radical (unpaired) electrons. The van der Waals surface area contributed by atoms with Gasteiger partial charge in [0.05, 0.1) is 6.54 Å². The van der Waals surface area contributed by atoms with Crippen LogP contribution in [-0.2, 0) is 0 Å². The van der Waals surface area contributed by atoms with Gasteiger partial charge >= 0.3 is 0 Å². The van der Waals surface area contributed by atoms with E-state index >= 15 is 0 Å². The summed E-state index contributed by atoms with van der Waals surface area (Å²) < 4.78 is 2.10. The van der Waals surface area contributed by atoms with Gasteiger partial charge in [-0.2, -0.15) is 0 Å². The van der Waals surface area contributed by atoms with Crippen LogP contribution in [0.3, 0.4) is 0 Å². The third kappa shape index (κ3) is 4.00.